The highest BCUT2D eigenvalue weighted by atomic mass is 16.5. The van der Waals surface area contributed by atoms with Crippen molar-refractivity contribution >= 4 is 17.9 Å². The molecular formula is C31H36N2O11. The molecule has 0 unspecified atom stereocenters. The highest BCUT2D eigenvalue weighted by molar-refractivity contribution is 5.88. The molecule has 13 nitrogen and oxygen atoms in total. The maximum absolute atomic E-state index is 10.3. The molecule has 2 atom stereocenters. The molecule has 4 rings (SSSR count). The fourth-order valence-electron chi connectivity index (χ4n) is 5.14. The number of phenolic OH excluding ortho intramolecular Hbond substituents is 1. The number of fused-ring (bicyclic) bond motifs is 1. The lowest BCUT2D eigenvalue weighted by molar-refractivity contribution is -0.170. The van der Waals surface area contributed by atoms with Gasteiger partial charge < -0.3 is 39.7 Å². The molecule has 6 N–H and O–H groups in total. The Bertz CT molecular complexity index is 1500. The van der Waals surface area contributed by atoms with E-state index in [1.807, 2.05) is 44.2 Å². The van der Waals surface area contributed by atoms with Gasteiger partial charge in [-0.15, -0.1) is 0 Å². The van der Waals surface area contributed by atoms with Gasteiger partial charge in [0.2, 0.25) is 5.88 Å². The molecule has 2 heterocycles. The number of aliphatic carboxylic acids is 3. The number of aliphatic hydroxyl groups is 1. The van der Waals surface area contributed by atoms with Crippen LogP contribution in [0.4, 0.5) is 0 Å². The summed E-state index contributed by atoms with van der Waals surface area (Å²) in [5, 5.41) is 47.9. The van der Waals surface area contributed by atoms with Gasteiger partial charge in [-0.1, -0.05) is 18.2 Å². The molecule has 1 aliphatic rings. The van der Waals surface area contributed by atoms with E-state index in [2.05, 4.69) is 16.4 Å². The van der Waals surface area contributed by atoms with Gasteiger partial charge in [0.1, 0.15) is 5.75 Å². The fraction of sp³-hybridized carbons (Fsp3) is 0.355. The summed E-state index contributed by atoms with van der Waals surface area (Å²) in [4.78, 5) is 34.9. The van der Waals surface area contributed by atoms with Gasteiger partial charge in [0, 0.05) is 17.8 Å². The van der Waals surface area contributed by atoms with Crippen molar-refractivity contribution in [3.8, 4) is 23.1 Å². The normalized spacial score (nSPS) is 15.7. The van der Waals surface area contributed by atoms with Crippen LogP contribution < -0.4 is 19.5 Å². The number of rotatable bonds is 10. The Morgan fingerprint density at radius 1 is 0.909 bits per heavy atom. The molecule has 0 aliphatic carbocycles. The second kappa shape index (κ2) is 14.1. The number of carboxylic acid groups (broad SMARTS) is 3. The summed E-state index contributed by atoms with van der Waals surface area (Å²) in [7, 11) is 4.94. The minimum atomic E-state index is -2.74. The van der Waals surface area contributed by atoms with Crippen LogP contribution in [0.2, 0.25) is 0 Å². The van der Waals surface area contributed by atoms with Gasteiger partial charge in [0.25, 0.3) is 0 Å². The fourth-order valence-corrected chi connectivity index (χ4v) is 5.14. The molecule has 2 aromatic carbocycles. The van der Waals surface area contributed by atoms with Crippen molar-refractivity contribution in [1.29, 1.82) is 0 Å². The summed E-state index contributed by atoms with van der Waals surface area (Å²) in [5.74, 6) is -2.68. The Morgan fingerprint density at radius 3 is 1.98 bits per heavy atom. The van der Waals surface area contributed by atoms with Crippen molar-refractivity contribution in [2.45, 2.75) is 50.8 Å². The van der Waals surface area contributed by atoms with E-state index < -0.39 is 36.4 Å². The SMILES string of the molecule is COc1cc2c(cc1OC)[C@@H](c1cc(C)c(O)c(C)c1)N[C@@H](c1cccnc1OC)C2.O=C(O)CC(O)(CC(=O)O)C(=O)O. The smallest absolute Gasteiger partial charge is 0.336 e. The average molecular weight is 613 g/mol. The van der Waals surface area contributed by atoms with Crippen LogP contribution in [0.3, 0.4) is 0 Å². The highest BCUT2D eigenvalue weighted by Gasteiger charge is 2.40. The number of phenols is 1. The zero-order valence-electron chi connectivity index (χ0n) is 25.0. The molecule has 13 heteroatoms. The molecule has 0 saturated carbocycles. The number of pyridine rings is 1. The van der Waals surface area contributed by atoms with Crippen molar-refractivity contribution < 1.29 is 54.1 Å². The minimum Gasteiger partial charge on any atom is -0.507 e. The highest BCUT2D eigenvalue weighted by Crippen LogP contribution is 2.43. The third-order valence-corrected chi connectivity index (χ3v) is 7.25. The topological polar surface area (TPSA) is 205 Å². The maximum atomic E-state index is 10.3. The van der Waals surface area contributed by atoms with E-state index in [0.717, 1.165) is 34.2 Å². The molecule has 0 saturated heterocycles. The molecule has 1 aliphatic heterocycles. The van der Waals surface area contributed by atoms with Crippen LogP contribution in [-0.4, -0.2) is 75.4 Å². The molecule has 1 aromatic heterocycles. The second-order valence-corrected chi connectivity index (χ2v) is 10.3. The van der Waals surface area contributed by atoms with Gasteiger partial charge in [0.15, 0.2) is 17.1 Å². The first-order valence-electron chi connectivity index (χ1n) is 13.4. The van der Waals surface area contributed by atoms with E-state index in [1.54, 1.807) is 27.5 Å². The molecule has 0 radical (unpaired) electrons. The Labute approximate surface area is 253 Å². The molecular weight excluding hydrogens is 576 g/mol. The monoisotopic (exact) mass is 612 g/mol. The first-order valence-corrected chi connectivity index (χ1v) is 13.4. The van der Waals surface area contributed by atoms with Crippen LogP contribution >= 0.6 is 0 Å². The molecule has 0 spiro atoms. The number of carbonyl (C=O) groups is 3. The lowest BCUT2D eigenvalue weighted by Crippen LogP contribution is -2.42. The molecule has 0 fully saturated rings. The number of ether oxygens (including phenoxy) is 3. The molecule has 0 amide bonds. The molecule has 3 aromatic rings. The van der Waals surface area contributed by atoms with E-state index in [4.69, 9.17) is 34.6 Å². The number of aromatic nitrogens is 1. The van der Waals surface area contributed by atoms with Crippen LogP contribution in [0, 0.1) is 13.8 Å². The van der Waals surface area contributed by atoms with Gasteiger partial charge >= 0.3 is 17.9 Å². The number of nitrogens with zero attached hydrogens (tertiary/aromatic N) is 1. The first-order chi connectivity index (χ1) is 20.7. The zero-order chi connectivity index (χ0) is 32.8. The van der Waals surface area contributed by atoms with Gasteiger partial charge in [-0.25, -0.2) is 9.78 Å². The summed E-state index contributed by atoms with van der Waals surface area (Å²) < 4.78 is 16.7. The molecule has 0 bridgehead atoms. The number of hydrogen-bond donors (Lipinski definition) is 6. The predicted molar refractivity (Wildman–Crippen MR) is 156 cm³/mol. The Kier molecular flexibility index (Phi) is 10.7. The number of benzene rings is 2. The number of nitrogens with one attached hydrogen (secondary N) is 1. The van der Waals surface area contributed by atoms with Crippen LogP contribution in [0.15, 0.2) is 42.6 Å². The van der Waals surface area contributed by atoms with Crippen molar-refractivity contribution in [2.24, 2.45) is 0 Å². The quantitative estimate of drug-likeness (QED) is 0.195. The van der Waals surface area contributed by atoms with Crippen molar-refractivity contribution in [3.05, 3.63) is 76.0 Å². The van der Waals surface area contributed by atoms with E-state index in [0.29, 0.717) is 23.1 Å². The van der Waals surface area contributed by atoms with Crippen LogP contribution in [0.25, 0.3) is 0 Å². The zero-order valence-corrected chi connectivity index (χ0v) is 25.0. The van der Waals surface area contributed by atoms with Gasteiger partial charge in [-0.05, 0) is 66.3 Å². The minimum absolute atomic E-state index is 0.00586. The van der Waals surface area contributed by atoms with Crippen LogP contribution in [0.1, 0.15) is 58.3 Å². The standard InChI is InChI=1S/C25H28N2O4.C6H8O7/c1-14-9-17(10-15(2)24(14)28)23-19-13-22(30-4)21(29-3)12-16(19)11-20(27-23)18-7-6-8-26-25(18)31-5;7-3(8)1-6(13,5(11)12)2-4(9)10/h6-10,12-13,20,23,27-28H,11H2,1-5H3;13H,1-2H2,(H,7,8)(H,9,10)(H,11,12)/t20-,23-;/m1./s1. The largest absolute Gasteiger partial charge is 0.507 e. The van der Waals surface area contributed by atoms with E-state index in [9.17, 15) is 19.5 Å². The van der Waals surface area contributed by atoms with E-state index in [1.165, 1.54) is 5.56 Å². The van der Waals surface area contributed by atoms with Gasteiger partial charge in [0.05, 0.1) is 40.2 Å². The van der Waals surface area contributed by atoms with Crippen molar-refractivity contribution in [3.63, 3.8) is 0 Å². The maximum Gasteiger partial charge on any atom is 0.336 e. The average Bonchev–Trinajstić information content (AvgIpc) is 2.97. The summed E-state index contributed by atoms with van der Waals surface area (Å²) in [5.41, 5.74) is 3.33. The second-order valence-electron chi connectivity index (χ2n) is 10.3. The molecule has 44 heavy (non-hydrogen) atoms. The number of aromatic hydroxyl groups is 1. The van der Waals surface area contributed by atoms with Crippen LogP contribution in [0.5, 0.6) is 23.1 Å². The molecule has 236 valence electrons. The Balaban J connectivity index is 0.000000345. The van der Waals surface area contributed by atoms with Gasteiger partial charge in [-0.3, -0.25) is 14.9 Å². The first kappa shape index (κ1) is 33.6. The number of aryl methyl sites for hydroxylation is 2. The van der Waals surface area contributed by atoms with Crippen molar-refractivity contribution in [1.82, 2.24) is 10.3 Å². The lowest BCUT2D eigenvalue weighted by Gasteiger charge is -2.35. The van der Waals surface area contributed by atoms with E-state index in [-0.39, 0.29) is 12.1 Å². The number of hydrogen-bond acceptors (Lipinski definition) is 10. The Hall–Kier alpha value is -4.88. The summed E-state index contributed by atoms with van der Waals surface area (Å²) in [6.45, 7) is 3.84. The van der Waals surface area contributed by atoms with Crippen LogP contribution in [-0.2, 0) is 20.8 Å². The predicted octanol–water partition coefficient (Wildman–Crippen LogP) is 3.16. The van der Waals surface area contributed by atoms with Gasteiger partial charge in [-0.2, -0.15) is 0 Å². The van der Waals surface area contributed by atoms with Crippen molar-refractivity contribution in [2.75, 3.05) is 21.3 Å². The number of methoxy groups -OCH3 is 3. The summed E-state index contributed by atoms with van der Waals surface area (Å²) in [6, 6.07) is 12.0. The number of carboxylic acids is 3. The van der Waals surface area contributed by atoms with E-state index >= 15 is 0 Å². The summed E-state index contributed by atoms with van der Waals surface area (Å²) in [6.07, 6.45) is 0.199. The Morgan fingerprint density at radius 2 is 1.48 bits per heavy atom. The third-order valence-electron chi connectivity index (χ3n) is 7.25. The third kappa shape index (κ3) is 7.54. The lowest BCUT2D eigenvalue weighted by atomic mass is 9.83. The summed E-state index contributed by atoms with van der Waals surface area (Å²) >= 11 is 0.